The third kappa shape index (κ3) is 4.95. The maximum Gasteiger partial charge on any atom is 0.422 e. The smallest absolute Gasteiger partial charge is 0.422 e. The molecule has 0 atom stereocenters. The molecule has 0 aromatic carbocycles. The monoisotopic (exact) mass is 364 g/mol. The minimum absolute atomic E-state index is 0.0119. The molecule has 0 unspecified atom stereocenters. The van der Waals surface area contributed by atoms with E-state index in [4.69, 9.17) is 4.74 Å². The number of nitrogens with zero attached hydrogens (tertiary/aromatic N) is 4. The minimum atomic E-state index is -4.37. The van der Waals surface area contributed by atoms with Crippen LogP contribution in [-0.2, 0) is 13.1 Å². The zero-order valence-corrected chi connectivity index (χ0v) is 14.3. The molecule has 0 radical (unpaired) electrons. The first kappa shape index (κ1) is 18.2. The van der Waals surface area contributed by atoms with E-state index >= 15 is 0 Å². The summed E-state index contributed by atoms with van der Waals surface area (Å²) in [4.78, 5) is 8.15. The first-order valence-corrected chi connectivity index (χ1v) is 8.13. The predicted molar refractivity (Wildman–Crippen MR) is 89.9 cm³/mol. The summed E-state index contributed by atoms with van der Waals surface area (Å²) in [6.45, 7) is 2.41. The third-order valence-electron chi connectivity index (χ3n) is 3.85. The fourth-order valence-corrected chi connectivity index (χ4v) is 2.70. The number of alkyl halides is 3. The minimum Gasteiger partial charge on any atom is -0.468 e. The molecule has 8 heteroatoms. The van der Waals surface area contributed by atoms with E-state index < -0.39 is 12.8 Å². The lowest BCUT2D eigenvalue weighted by Crippen LogP contribution is -2.34. The standard InChI is InChI=1S/C18H19F3N4O/c1-14-8-16(10-23-17(14)26-13-18(19,20)21)12-25-7-3-6-24(25)11-15-4-2-5-22-9-15/h2-6,8-10H,7,11-13H2,1H3. The molecule has 0 fully saturated rings. The third-order valence-corrected chi connectivity index (χ3v) is 3.85. The van der Waals surface area contributed by atoms with Gasteiger partial charge in [-0.25, -0.2) is 9.99 Å². The molecule has 0 amide bonds. The Morgan fingerprint density at radius 2 is 2.04 bits per heavy atom. The molecule has 1 aliphatic rings. The summed E-state index contributed by atoms with van der Waals surface area (Å²) in [5, 5.41) is 4.21. The summed E-state index contributed by atoms with van der Waals surface area (Å²) in [5.41, 5.74) is 2.58. The number of aromatic nitrogens is 2. The average Bonchev–Trinajstić information content (AvgIpc) is 3.01. The second-order valence-corrected chi connectivity index (χ2v) is 6.06. The molecule has 0 N–H and O–H groups in total. The Morgan fingerprint density at radius 1 is 1.19 bits per heavy atom. The van der Waals surface area contributed by atoms with E-state index in [-0.39, 0.29) is 5.88 Å². The van der Waals surface area contributed by atoms with Gasteiger partial charge in [-0.05, 0) is 30.2 Å². The van der Waals surface area contributed by atoms with Crippen molar-refractivity contribution >= 4 is 0 Å². The van der Waals surface area contributed by atoms with Gasteiger partial charge in [0.05, 0.1) is 6.54 Å². The van der Waals surface area contributed by atoms with Crippen molar-refractivity contribution in [3.63, 3.8) is 0 Å². The molecule has 0 bridgehead atoms. The van der Waals surface area contributed by atoms with E-state index in [1.165, 1.54) is 0 Å². The van der Waals surface area contributed by atoms with E-state index in [9.17, 15) is 13.2 Å². The summed E-state index contributed by atoms with van der Waals surface area (Å²) in [6, 6.07) is 5.71. The van der Waals surface area contributed by atoms with Crippen LogP contribution in [0.15, 0.2) is 49.1 Å². The Balaban J connectivity index is 1.62. The van der Waals surface area contributed by atoms with E-state index in [0.29, 0.717) is 18.7 Å². The Kier molecular flexibility index (Phi) is 5.41. The van der Waals surface area contributed by atoms with E-state index in [1.807, 2.05) is 24.5 Å². The molecule has 0 spiro atoms. The van der Waals surface area contributed by atoms with E-state index in [1.54, 1.807) is 25.4 Å². The van der Waals surface area contributed by atoms with Crippen LogP contribution in [0.5, 0.6) is 5.88 Å². The van der Waals surface area contributed by atoms with Crippen LogP contribution in [0.25, 0.3) is 0 Å². The van der Waals surface area contributed by atoms with Crippen LogP contribution in [0.3, 0.4) is 0 Å². The van der Waals surface area contributed by atoms with Crippen molar-refractivity contribution in [2.24, 2.45) is 0 Å². The molecule has 3 heterocycles. The Labute approximate surface area is 149 Å². The van der Waals surface area contributed by atoms with E-state index in [2.05, 4.69) is 26.1 Å². The van der Waals surface area contributed by atoms with Gasteiger partial charge in [0, 0.05) is 43.4 Å². The zero-order valence-electron chi connectivity index (χ0n) is 14.3. The first-order valence-electron chi connectivity index (χ1n) is 8.13. The highest BCUT2D eigenvalue weighted by atomic mass is 19.4. The predicted octanol–water partition coefficient (Wildman–Crippen LogP) is 3.47. The van der Waals surface area contributed by atoms with Gasteiger partial charge in [-0.1, -0.05) is 12.1 Å². The first-order chi connectivity index (χ1) is 12.4. The van der Waals surface area contributed by atoms with Gasteiger partial charge in [0.1, 0.15) is 0 Å². The number of rotatable bonds is 6. The molecular weight excluding hydrogens is 345 g/mol. The van der Waals surface area contributed by atoms with Crippen molar-refractivity contribution in [2.45, 2.75) is 26.2 Å². The van der Waals surface area contributed by atoms with Crippen LogP contribution in [0.4, 0.5) is 13.2 Å². The molecule has 138 valence electrons. The fourth-order valence-electron chi connectivity index (χ4n) is 2.70. The maximum atomic E-state index is 12.3. The van der Waals surface area contributed by atoms with Crippen LogP contribution in [0.2, 0.25) is 0 Å². The number of hydrogen-bond acceptors (Lipinski definition) is 5. The summed E-state index contributed by atoms with van der Waals surface area (Å²) in [7, 11) is 0. The highest BCUT2D eigenvalue weighted by Gasteiger charge is 2.29. The molecular formula is C18H19F3N4O. The van der Waals surface area contributed by atoms with Gasteiger partial charge in [0.2, 0.25) is 5.88 Å². The highest BCUT2D eigenvalue weighted by molar-refractivity contribution is 5.28. The normalized spacial score (nSPS) is 14.8. The number of hydrogen-bond donors (Lipinski definition) is 0. The molecule has 5 nitrogen and oxygen atoms in total. The molecule has 0 saturated carbocycles. The maximum absolute atomic E-state index is 12.3. The van der Waals surface area contributed by atoms with Crippen molar-refractivity contribution < 1.29 is 17.9 Å². The molecule has 3 rings (SSSR count). The lowest BCUT2D eigenvalue weighted by Gasteiger charge is -2.29. The van der Waals surface area contributed by atoms with Crippen LogP contribution < -0.4 is 4.74 Å². The Morgan fingerprint density at radius 3 is 2.73 bits per heavy atom. The van der Waals surface area contributed by atoms with Crippen molar-refractivity contribution in [1.82, 2.24) is 20.0 Å². The van der Waals surface area contributed by atoms with Crippen LogP contribution in [0, 0.1) is 6.92 Å². The number of hydrazine groups is 1. The van der Waals surface area contributed by atoms with Gasteiger partial charge >= 0.3 is 6.18 Å². The summed E-state index contributed by atoms with van der Waals surface area (Å²) < 4.78 is 41.6. The van der Waals surface area contributed by atoms with Gasteiger partial charge in [-0.3, -0.25) is 4.98 Å². The average molecular weight is 364 g/mol. The topological polar surface area (TPSA) is 41.5 Å². The Hall–Kier alpha value is -2.61. The molecule has 2 aromatic heterocycles. The number of pyridine rings is 2. The van der Waals surface area contributed by atoms with Crippen LogP contribution in [-0.4, -0.2) is 39.3 Å². The van der Waals surface area contributed by atoms with Crippen molar-refractivity contribution in [3.05, 3.63) is 65.8 Å². The quantitative estimate of drug-likeness (QED) is 0.785. The largest absolute Gasteiger partial charge is 0.468 e. The van der Waals surface area contributed by atoms with Gasteiger partial charge in [-0.15, -0.1) is 0 Å². The highest BCUT2D eigenvalue weighted by Crippen LogP contribution is 2.22. The van der Waals surface area contributed by atoms with E-state index in [0.717, 1.165) is 17.7 Å². The van der Waals surface area contributed by atoms with Gasteiger partial charge in [0.15, 0.2) is 6.61 Å². The summed E-state index contributed by atoms with van der Waals surface area (Å²) in [5.74, 6) is 0.0119. The molecule has 0 aliphatic carbocycles. The van der Waals surface area contributed by atoms with Gasteiger partial charge in [-0.2, -0.15) is 13.2 Å². The number of halogens is 3. The molecule has 0 saturated heterocycles. The second kappa shape index (κ2) is 7.74. The summed E-state index contributed by atoms with van der Waals surface area (Å²) >= 11 is 0. The summed E-state index contributed by atoms with van der Waals surface area (Å²) in [6.07, 6.45) is 4.80. The van der Waals surface area contributed by atoms with Crippen LogP contribution >= 0.6 is 0 Å². The van der Waals surface area contributed by atoms with Crippen molar-refractivity contribution in [3.8, 4) is 5.88 Å². The molecule has 1 aliphatic heterocycles. The number of ether oxygens (including phenoxy) is 1. The van der Waals surface area contributed by atoms with Crippen molar-refractivity contribution in [1.29, 1.82) is 0 Å². The van der Waals surface area contributed by atoms with Crippen molar-refractivity contribution in [2.75, 3.05) is 13.2 Å². The lowest BCUT2D eigenvalue weighted by molar-refractivity contribution is -0.154. The fraction of sp³-hybridized carbons (Fsp3) is 0.333. The second-order valence-electron chi connectivity index (χ2n) is 6.06. The number of aryl methyl sites for hydroxylation is 1. The van der Waals surface area contributed by atoms with Gasteiger partial charge in [0.25, 0.3) is 0 Å². The van der Waals surface area contributed by atoms with Crippen LogP contribution in [0.1, 0.15) is 16.7 Å². The van der Waals surface area contributed by atoms with Gasteiger partial charge < -0.3 is 9.75 Å². The zero-order chi connectivity index (χ0) is 18.6. The lowest BCUT2D eigenvalue weighted by atomic mass is 10.2. The Bertz CT molecular complexity index is 765. The molecule has 2 aromatic rings. The molecule has 26 heavy (non-hydrogen) atoms. The SMILES string of the molecule is Cc1cc(CN2CC=CN2Cc2cccnc2)cnc1OCC(F)(F)F.